The van der Waals surface area contributed by atoms with E-state index in [0.717, 1.165) is 6.42 Å². The molecule has 24 heavy (non-hydrogen) atoms. The maximum absolute atomic E-state index is 12.3. The van der Waals surface area contributed by atoms with E-state index >= 15 is 0 Å². The van der Waals surface area contributed by atoms with Crippen molar-refractivity contribution in [2.45, 2.75) is 24.1 Å². The Kier molecular flexibility index (Phi) is 4.98. The van der Waals surface area contributed by atoms with E-state index in [2.05, 4.69) is 0 Å². The predicted octanol–water partition coefficient (Wildman–Crippen LogP) is -0.727. The highest BCUT2D eigenvalue weighted by atomic mass is 32.2. The number of rotatable bonds is 2. The summed E-state index contributed by atoms with van der Waals surface area (Å²) in [5.74, 6) is 0. The highest BCUT2D eigenvalue weighted by Gasteiger charge is 2.47. The van der Waals surface area contributed by atoms with E-state index in [1.165, 1.54) is 3.97 Å². The van der Waals surface area contributed by atoms with Crippen LogP contribution in [0.25, 0.3) is 0 Å². The highest BCUT2D eigenvalue weighted by molar-refractivity contribution is 7.87. The second kappa shape index (κ2) is 6.25. The molecule has 2 aliphatic rings. The predicted molar refractivity (Wildman–Crippen MR) is 72.4 cm³/mol. The van der Waals surface area contributed by atoms with Gasteiger partial charge in [0.2, 0.25) is 0 Å². The van der Waals surface area contributed by atoms with Gasteiger partial charge in [-0.15, -0.1) is 3.97 Å². The van der Waals surface area contributed by atoms with Crippen molar-refractivity contribution in [3.05, 3.63) is 18.7 Å². The van der Waals surface area contributed by atoms with E-state index in [-0.39, 0.29) is 12.1 Å². The molecule has 14 heteroatoms. The standard InChI is InChI=1S/C9H14N3O3S.CHF3O3S/c1-10-2-3-11(7-10)16(13,14)12-5-9-4-8(12)6-15-9;2-1(3,4)8(5,6)7/h2-3,7-9H,4-6H2,1H3;(H,5,6,7)/q+1;/t8-,9-;/m0./s1. The number of halogens is 3. The molecule has 0 spiro atoms. The third-order valence-electron chi connectivity index (χ3n) is 3.45. The van der Waals surface area contributed by atoms with Gasteiger partial charge in [0.05, 0.1) is 25.8 Å². The number of hydrogen-bond donors (Lipinski definition) is 1. The van der Waals surface area contributed by atoms with Crippen molar-refractivity contribution in [3.8, 4) is 0 Å². The molecule has 2 atom stereocenters. The van der Waals surface area contributed by atoms with Crippen LogP contribution in [0, 0.1) is 0 Å². The minimum atomic E-state index is -5.84. The quantitative estimate of drug-likeness (QED) is 0.403. The minimum Gasteiger partial charge on any atom is -0.375 e. The van der Waals surface area contributed by atoms with E-state index in [1.54, 1.807) is 34.6 Å². The molecule has 2 aliphatic heterocycles. The lowest BCUT2D eigenvalue weighted by Gasteiger charge is -2.23. The molecule has 1 aromatic rings. The van der Waals surface area contributed by atoms with E-state index in [4.69, 9.17) is 17.7 Å². The Labute approximate surface area is 136 Å². The Morgan fingerprint density at radius 3 is 2.21 bits per heavy atom. The summed E-state index contributed by atoms with van der Waals surface area (Å²) in [5, 5.41) is 0. The lowest BCUT2D eigenvalue weighted by molar-refractivity contribution is -0.670. The second-order valence-corrected chi connectivity index (χ2v) is 8.45. The first-order chi connectivity index (χ1) is 10.8. The Hall–Kier alpha value is -1.22. The van der Waals surface area contributed by atoms with Crippen LogP contribution in [-0.2, 0) is 32.1 Å². The summed E-state index contributed by atoms with van der Waals surface area (Å²) in [4.78, 5) is 0. The van der Waals surface area contributed by atoms with Gasteiger partial charge in [-0.3, -0.25) is 4.55 Å². The Balaban J connectivity index is 0.000000224. The smallest absolute Gasteiger partial charge is 0.375 e. The van der Waals surface area contributed by atoms with Gasteiger partial charge in [-0.25, -0.2) is 4.57 Å². The molecular weight excluding hydrogens is 379 g/mol. The van der Waals surface area contributed by atoms with Crippen LogP contribution < -0.4 is 4.57 Å². The van der Waals surface area contributed by atoms with Gasteiger partial charge in [0.1, 0.15) is 12.4 Å². The van der Waals surface area contributed by atoms with E-state index in [1.807, 2.05) is 0 Å². The summed E-state index contributed by atoms with van der Waals surface area (Å²) >= 11 is 0. The Bertz CT molecular complexity index is 804. The maximum Gasteiger partial charge on any atom is 0.522 e. The van der Waals surface area contributed by atoms with Crippen molar-refractivity contribution >= 4 is 20.3 Å². The van der Waals surface area contributed by atoms with E-state index < -0.39 is 25.8 Å². The molecule has 0 unspecified atom stereocenters. The first-order valence-corrected chi connectivity index (χ1v) is 9.37. The fourth-order valence-corrected chi connectivity index (χ4v) is 3.93. The van der Waals surface area contributed by atoms with E-state index in [9.17, 15) is 21.6 Å². The lowest BCUT2D eigenvalue weighted by atomic mass is 10.3. The van der Waals surface area contributed by atoms with Crippen molar-refractivity contribution in [1.82, 2.24) is 8.28 Å². The van der Waals surface area contributed by atoms with Crippen LogP contribution in [0.2, 0.25) is 0 Å². The lowest BCUT2D eigenvalue weighted by Crippen LogP contribution is -2.44. The number of alkyl halides is 3. The fourth-order valence-electron chi connectivity index (χ4n) is 2.33. The number of fused-ring (bicyclic) bond motifs is 2. The largest absolute Gasteiger partial charge is 0.522 e. The number of nitrogens with zero attached hydrogens (tertiary/aromatic N) is 3. The van der Waals surface area contributed by atoms with Gasteiger partial charge in [-0.2, -0.15) is 34.3 Å². The minimum absolute atomic E-state index is 0.0164. The second-order valence-electron chi connectivity index (χ2n) is 5.25. The Morgan fingerprint density at radius 1 is 1.29 bits per heavy atom. The summed E-state index contributed by atoms with van der Waals surface area (Å²) in [5.41, 5.74) is -5.53. The van der Waals surface area contributed by atoms with E-state index in [0.29, 0.717) is 13.2 Å². The summed E-state index contributed by atoms with van der Waals surface area (Å²) in [6.45, 7) is 1.01. The van der Waals surface area contributed by atoms with Crippen LogP contribution in [0.3, 0.4) is 0 Å². The molecule has 0 radical (unpaired) electrons. The van der Waals surface area contributed by atoms with Crippen LogP contribution in [0.5, 0.6) is 0 Å². The monoisotopic (exact) mass is 394 g/mol. The van der Waals surface area contributed by atoms with Crippen molar-refractivity contribution < 1.29 is 43.9 Å². The van der Waals surface area contributed by atoms with Crippen molar-refractivity contribution in [2.75, 3.05) is 13.2 Å². The third-order valence-corrected chi connectivity index (χ3v) is 5.82. The van der Waals surface area contributed by atoms with Crippen molar-refractivity contribution in [1.29, 1.82) is 0 Å². The maximum atomic E-state index is 12.3. The number of hydrogen-bond acceptors (Lipinski definition) is 5. The molecule has 2 bridgehead atoms. The zero-order valence-electron chi connectivity index (χ0n) is 12.3. The SMILES string of the molecule is C[n+]1ccn(S(=O)(=O)N2C[C@@H]3C[C@H]2CO3)c1.O=S(=O)(O)C(F)(F)F. The molecule has 0 amide bonds. The average Bonchev–Trinajstić information content (AvgIpc) is 3.12. The molecule has 138 valence electrons. The van der Waals surface area contributed by atoms with Gasteiger partial charge >= 0.3 is 25.8 Å². The normalized spacial score (nSPS) is 24.7. The summed E-state index contributed by atoms with van der Waals surface area (Å²) in [7, 11) is -7.44. The first kappa shape index (κ1) is 19.1. The van der Waals surface area contributed by atoms with Gasteiger partial charge in [-0.1, -0.05) is 0 Å². The average molecular weight is 394 g/mol. The van der Waals surface area contributed by atoms with Crippen molar-refractivity contribution in [3.63, 3.8) is 0 Å². The number of ether oxygens (including phenoxy) is 1. The molecule has 0 saturated carbocycles. The molecule has 1 N–H and O–H groups in total. The summed E-state index contributed by atoms with van der Waals surface area (Å²) < 4.78 is 92.0. The van der Waals surface area contributed by atoms with Crippen molar-refractivity contribution in [2.24, 2.45) is 7.05 Å². The summed E-state index contributed by atoms with van der Waals surface area (Å²) in [6, 6.07) is 0.0164. The third kappa shape index (κ3) is 3.88. The molecule has 0 aromatic carbocycles. The molecular formula is C10H15F3N3O6S2+. The molecule has 9 nitrogen and oxygen atoms in total. The van der Waals surface area contributed by atoms with Gasteiger partial charge in [0, 0.05) is 6.54 Å². The van der Waals surface area contributed by atoms with Gasteiger partial charge in [0.25, 0.3) is 6.33 Å². The number of morpholine rings is 1. The number of aryl methyl sites for hydroxylation is 1. The zero-order chi connectivity index (χ0) is 18.3. The molecule has 1 aromatic heterocycles. The van der Waals surface area contributed by atoms with Crippen LogP contribution in [0.4, 0.5) is 13.2 Å². The topological polar surface area (TPSA) is 110 Å². The van der Waals surface area contributed by atoms with Crippen LogP contribution >= 0.6 is 0 Å². The molecule has 3 rings (SSSR count). The van der Waals surface area contributed by atoms with Crippen LogP contribution in [-0.4, -0.2) is 60.5 Å². The van der Waals surface area contributed by atoms with Crippen LogP contribution in [0.15, 0.2) is 18.7 Å². The molecule has 0 aliphatic carbocycles. The zero-order valence-corrected chi connectivity index (χ0v) is 13.9. The fraction of sp³-hybridized carbons (Fsp3) is 0.700. The molecule has 3 heterocycles. The van der Waals surface area contributed by atoms with Gasteiger partial charge in [0.15, 0.2) is 0 Å². The van der Waals surface area contributed by atoms with Gasteiger partial charge < -0.3 is 4.74 Å². The number of aromatic nitrogens is 2. The Morgan fingerprint density at radius 2 is 1.88 bits per heavy atom. The number of imidazole rings is 1. The van der Waals surface area contributed by atoms with Crippen LogP contribution in [0.1, 0.15) is 6.42 Å². The first-order valence-electron chi connectivity index (χ1n) is 6.53. The molecule has 2 fully saturated rings. The summed E-state index contributed by atoms with van der Waals surface area (Å²) in [6.07, 6.45) is 5.74. The molecule has 2 saturated heterocycles. The van der Waals surface area contributed by atoms with Gasteiger partial charge in [-0.05, 0) is 6.42 Å². The highest BCUT2D eigenvalue weighted by Crippen LogP contribution is 2.30.